The Balaban J connectivity index is 1.54. The Morgan fingerprint density at radius 1 is 0.795 bits per heavy atom. The normalized spacial score (nSPS) is 16.3. The van der Waals surface area contributed by atoms with Gasteiger partial charge in [-0.25, -0.2) is 0 Å². The number of aliphatic hydroxyl groups excluding tert-OH is 1. The molecular formula is C32H27NO6. The van der Waals surface area contributed by atoms with E-state index in [1.54, 1.807) is 60.7 Å². The number of amides is 1. The molecule has 7 heteroatoms. The first-order valence-corrected chi connectivity index (χ1v) is 12.6. The minimum Gasteiger partial charge on any atom is -0.508 e. The van der Waals surface area contributed by atoms with Crippen LogP contribution in [0.2, 0.25) is 0 Å². The van der Waals surface area contributed by atoms with E-state index in [2.05, 4.69) is 0 Å². The molecule has 0 saturated carbocycles. The van der Waals surface area contributed by atoms with Crippen molar-refractivity contribution in [2.45, 2.75) is 19.4 Å². The zero-order valence-corrected chi connectivity index (χ0v) is 21.3. The van der Waals surface area contributed by atoms with Gasteiger partial charge in [0, 0.05) is 11.3 Å². The minimum absolute atomic E-state index is 0.0424. The smallest absolute Gasteiger partial charge is 0.300 e. The highest BCUT2D eigenvalue weighted by molar-refractivity contribution is 6.51. The Hall–Kier alpha value is -5.04. The third kappa shape index (κ3) is 5.33. The van der Waals surface area contributed by atoms with E-state index in [1.165, 1.54) is 17.0 Å². The molecule has 2 N–H and O–H groups in total. The second kappa shape index (κ2) is 11.1. The van der Waals surface area contributed by atoms with E-state index >= 15 is 0 Å². The molecule has 1 aliphatic heterocycles. The number of hydrogen-bond donors (Lipinski definition) is 2. The summed E-state index contributed by atoms with van der Waals surface area (Å²) in [5.74, 6) is 0.0484. The highest BCUT2D eigenvalue weighted by Crippen LogP contribution is 2.43. The molecule has 0 aliphatic carbocycles. The van der Waals surface area contributed by atoms with Crippen molar-refractivity contribution in [1.29, 1.82) is 0 Å². The predicted octanol–water partition coefficient (Wildman–Crippen LogP) is 6.60. The Kier molecular flexibility index (Phi) is 7.32. The zero-order valence-electron chi connectivity index (χ0n) is 21.3. The van der Waals surface area contributed by atoms with Gasteiger partial charge in [-0.2, -0.15) is 0 Å². The first kappa shape index (κ1) is 25.6. The molecule has 4 aromatic rings. The summed E-state index contributed by atoms with van der Waals surface area (Å²) in [5.41, 5.74) is 1.35. The quantitative estimate of drug-likeness (QED) is 0.154. The van der Waals surface area contributed by atoms with Crippen LogP contribution >= 0.6 is 0 Å². The van der Waals surface area contributed by atoms with Crippen LogP contribution in [0, 0.1) is 0 Å². The van der Waals surface area contributed by atoms with Crippen LogP contribution < -0.4 is 14.4 Å². The molecule has 1 amide bonds. The van der Waals surface area contributed by atoms with Gasteiger partial charge < -0.3 is 19.7 Å². The van der Waals surface area contributed by atoms with E-state index in [1.807, 2.05) is 37.3 Å². The fourth-order valence-corrected chi connectivity index (χ4v) is 4.45. The lowest BCUT2D eigenvalue weighted by atomic mass is 9.95. The summed E-state index contributed by atoms with van der Waals surface area (Å²) in [6.07, 6.45) is 0.858. The number of anilines is 1. The molecule has 0 spiro atoms. The number of aliphatic hydroxyl groups is 1. The summed E-state index contributed by atoms with van der Waals surface area (Å²) >= 11 is 0. The fraction of sp³-hybridized carbons (Fsp3) is 0.125. The molecule has 196 valence electrons. The third-order valence-electron chi connectivity index (χ3n) is 6.35. The summed E-state index contributed by atoms with van der Waals surface area (Å²) in [6, 6.07) is 28.1. The molecule has 4 aromatic carbocycles. The average molecular weight is 522 g/mol. The molecule has 0 aromatic heterocycles. The number of phenolic OH excluding ortho intramolecular Hbond substituents is 1. The highest BCUT2D eigenvalue weighted by Gasteiger charge is 2.47. The van der Waals surface area contributed by atoms with E-state index in [0.29, 0.717) is 40.7 Å². The monoisotopic (exact) mass is 521 g/mol. The van der Waals surface area contributed by atoms with Gasteiger partial charge in [-0.15, -0.1) is 0 Å². The number of hydrogen-bond acceptors (Lipinski definition) is 6. The summed E-state index contributed by atoms with van der Waals surface area (Å²) in [4.78, 5) is 28.1. The summed E-state index contributed by atoms with van der Waals surface area (Å²) in [6.45, 7) is 2.57. The van der Waals surface area contributed by atoms with Crippen LogP contribution in [-0.4, -0.2) is 28.5 Å². The number of aromatic hydroxyl groups is 1. The Labute approximate surface area is 226 Å². The van der Waals surface area contributed by atoms with Crippen LogP contribution in [-0.2, 0) is 9.59 Å². The van der Waals surface area contributed by atoms with Crippen molar-refractivity contribution < 1.29 is 29.3 Å². The van der Waals surface area contributed by atoms with Gasteiger partial charge in [-0.1, -0.05) is 37.3 Å². The van der Waals surface area contributed by atoms with Gasteiger partial charge in [0.05, 0.1) is 18.2 Å². The Morgan fingerprint density at radius 3 is 2.05 bits per heavy atom. The Bertz CT molecular complexity index is 1490. The lowest BCUT2D eigenvalue weighted by Gasteiger charge is -2.25. The number of phenols is 1. The number of benzene rings is 4. The van der Waals surface area contributed by atoms with Crippen molar-refractivity contribution in [3.8, 4) is 23.0 Å². The van der Waals surface area contributed by atoms with Gasteiger partial charge in [0.1, 0.15) is 28.8 Å². The number of carbonyl (C=O) groups excluding carboxylic acids is 2. The van der Waals surface area contributed by atoms with Gasteiger partial charge in [0.2, 0.25) is 0 Å². The molecule has 1 unspecified atom stereocenters. The van der Waals surface area contributed by atoms with Gasteiger partial charge in [0.25, 0.3) is 11.7 Å². The fourth-order valence-electron chi connectivity index (χ4n) is 4.45. The number of nitrogens with zero attached hydrogens (tertiary/aromatic N) is 1. The van der Waals surface area contributed by atoms with Crippen LogP contribution in [0.5, 0.6) is 23.0 Å². The second-order valence-electron chi connectivity index (χ2n) is 9.04. The largest absolute Gasteiger partial charge is 0.508 e. The van der Waals surface area contributed by atoms with Crippen molar-refractivity contribution >= 4 is 23.1 Å². The van der Waals surface area contributed by atoms with Gasteiger partial charge in [0.15, 0.2) is 0 Å². The molecule has 39 heavy (non-hydrogen) atoms. The standard InChI is InChI=1S/C32H27NO6/c1-2-20-38-25-16-10-22(11-17-25)30(35)28-29(21-8-14-24(34)15-9-21)33(32(37)31(28)36)23-12-18-27(19-13-23)39-26-6-4-3-5-7-26/h3-19,29,34-35H,2,20H2,1H3/b30-28+. The molecule has 7 nitrogen and oxygen atoms in total. The summed E-state index contributed by atoms with van der Waals surface area (Å²) in [5, 5.41) is 21.1. The van der Waals surface area contributed by atoms with E-state index < -0.39 is 17.7 Å². The topological polar surface area (TPSA) is 96.3 Å². The van der Waals surface area contributed by atoms with Gasteiger partial charge >= 0.3 is 0 Å². The molecule has 1 saturated heterocycles. The highest BCUT2D eigenvalue weighted by atomic mass is 16.5. The maximum Gasteiger partial charge on any atom is 0.300 e. The Morgan fingerprint density at radius 2 is 1.41 bits per heavy atom. The molecule has 5 rings (SSSR count). The second-order valence-corrected chi connectivity index (χ2v) is 9.04. The minimum atomic E-state index is -0.914. The molecule has 0 bridgehead atoms. The SMILES string of the molecule is CCCOc1ccc(/C(O)=C2\C(=O)C(=O)N(c3ccc(Oc4ccccc4)cc3)C2c2ccc(O)cc2)cc1. The van der Waals surface area contributed by atoms with Crippen LogP contribution in [0.25, 0.3) is 5.76 Å². The van der Waals surface area contributed by atoms with Crippen molar-refractivity contribution in [2.75, 3.05) is 11.5 Å². The maximum absolute atomic E-state index is 13.4. The number of ketones is 1. The average Bonchev–Trinajstić information content (AvgIpc) is 3.23. The third-order valence-corrected chi connectivity index (χ3v) is 6.35. The van der Waals surface area contributed by atoms with Crippen LogP contribution in [0.4, 0.5) is 5.69 Å². The molecular weight excluding hydrogens is 494 g/mol. The van der Waals surface area contributed by atoms with E-state index in [4.69, 9.17) is 9.47 Å². The number of ether oxygens (including phenoxy) is 2. The maximum atomic E-state index is 13.4. The van der Waals surface area contributed by atoms with Crippen LogP contribution in [0.15, 0.2) is 109 Å². The van der Waals surface area contributed by atoms with Gasteiger partial charge in [-0.05, 0) is 84.8 Å². The summed E-state index contributed by atoms with van der Waals surface area (Å²) in [7, 11) is 0. The number of para-hydroxylation sites is 1. The van der Waals surface area contributed by atoms with Gasteiger partial charge in [-0.3, -0.25) is 14.5 Å². The first-order valence-electron chi connectivity index (χ1n) is 12.6. The lowest BCUT2D eigenvalue weighted by molar-refractivity contribution is -0.132. The van der Waals surface area contributed by atoms with Crippen molar-refractivity contribution in [2.24, 2.45) is 0 Å². The summed E-state index contributed by atoms with van der Waals surface area (Å²) < 4.78 is 11.5. The number of Topliss-reactive ketones (excluding diaryl/α,β-unsaturated/α-hetero) is 1. The molecule has 1 aliphatic rings. The molecule has 1 heterocycles. The van der Waals surface area contributed by atoms with Crippen molar-refractivity contribution in [3.63, 3.8) is 0 Å². The van der Waals surface area contributed by atoms with E-state index in [-0.39, 0.29) is 17.1 Å². The number of carbonyl (C=O) groups is 2. The van der Waals surface area contributed by atoms with Crippen LogP contribution in [0.1, 0.15) is 30.5 Å². The molecule has 1 atom stereocenters. The van der Waals surface area contributed by atoms with Crippen LogP contribution in [0.3, 0.4) is 0 Å². The van der Waals surface area contributed by atoms with E-state index in [0.717, 1.165) is 6.42 Å². The van der Waals surface area contributed by atoms with E-state index in [9.17, 15) is 19.8 Å². The predicted molar refractivity (Wildman–Crippen MR) is 148 cm³/mol. The first-order chi connectivity index (χ1) is 19.0. The number of rotatable bonds is 8. The lowest BCUT2D eigenvalue weighted by Crippen LogP contribution is -2.29. The molecule has 0 radical (unpaired) electrons. The molecule has 1 fully saturated rings. The van der Waals surface area contributed by atoms with Crippen molar-refractivity contribution in [1.82, 2.24) is 0 Å². The van der Waals surface area contributed by atoms with Crippen molar-refractivity contribution in [3.05, 3.63) is 120 Å². The zero-order chi connectivity index (χ0) is 27.4.